The molecule has 29 heavy (non-hydrogen) atoms. The second kappa shape index (κ2) is 7.44. The van der Waals surface area contributed by atoms with Crippen LogP contribution in [-0.4, -0.2) is 16.0 Å². The fourth-order valence-corrected chi connectivity index (χ4v) is 3.43. The van der Waals surface area contributed by atoms with Gasteiger partial charge in [0.2, 0.25) is 0 Å². The van der Waals surface area contributed by atoms with E-state index in [1.54, 1.807) is 24.3 Å². The Bertz CT molecular complexity index is 1260. The van der Waals surface area contributed by atoms with Gasteiger partial charge in [-0.3, -0.25) is 14.8 Å². The molecule has 0 bridgehead atoms. The molecule has 0 saturated heterocycles. The summed E-state index contributed by atoms with van der Waals surface area (Å²) in [4.78, 5) is 24.0. The van der Waals surface area contributed by atoms with Crippen molar-refractivity contribution in [2.24, 2.45) is 0 Å². The van der Waals surface area contributed by atoms with Crippen molar-refractivity contribution in [1.29, 1.82) is 0 Å². The lowest BCUT2D eigenvalue weighted by Gasteiger charge is -2.11. The Balaban J connectivity index is 1.57. The molecule has 0 aliphatic carbocycles. The van der Waals surface area contributed by atoms with Crippen LogP contribution in [0.2, 0.25) is 0 Å². The molecule has 2 aromatic carbocycles. The Morgan fingerprint density at radius 1 is 0.862 bits per heavy atom. The number of fused-ring (bicyclic) bond motifs is 2. The minimum atomic E-state index is -0.372. The SMILES string of the molecule is Cc1cc(N)c2cc(NC(=O)Nc3ccc4nc(C)cc(NCl)c4c3)ccc2n1. The van der Waals surface area contributed by atoms with E-state index < -0.39 is 0 Å². The van der Waals surface area contributed by atoms with Crippen LogP contribution in [0.4, 0.5) is 27.5 Å². The first kappa shape index (κ1) is 18.8. The molecule has 0 unspecified atom stereocenters. The van der Waals surface area contributed by atoms with Gasteiger partial charge in [0.1, 0.15) is 0 Å². The number of benzene rings is 2. The molecular formula is C21H19ClN6O. The monoisotopic (exact) mass is 406 g/mol. The van der Waals surface area contributed by atoms with Gasteiger partial charge in [-0.2, -0.15) is 0 Å². The summed E-state index contributed by atoms with van der Waals surface area (Å²) in [6.45, 7) is 3.78. The van der Waals surface area contributed by atoms with Crippen LogP contribution in [-0.2, 0) is 0 Å². The van der Waals surface area contributed by atoms with Crippen molar-refractivity contribution in [2.75, 3.05) is 21.2 Å². The molecule has 0 fully saturated rings. The average molecular weight is 407 g/mol. The molecule has 146 valence electrons. The Labute approximate surface area is 172 Å². The molecule has 2 amide bonds. The Morgan fingerprint density at radius 3 is 2.03 bits per heavy atom. The van der Waals surface area contributed by atoms with Crippen molar-refractivity contribution in [2.45, 2.75) is 13.8 Å². The Morgan fingerprint density at radius 2 is 1.41 bits per heavy atom. The fraction of sp³-hybridized carbons (Fsp3) is 0.0952. The molecule has 5 N–H and O–H groups in total. The lowest BCUT2D eigenvalue weighted by Crippen LogP contribution is -2.19. The summed E-state index contributed by atoms with van der Waals surface area (Å²) in [6, 6.07) is 14.1. The van der Waals surface area contributed by atoms with Crippen LogP contribution in [0.25, 0.3) is 21.8 Å². The van der Waals surface area contributed by atoms with E-state index in [2.05, 4.69) is 25.4 Å². The van der Waals surface area contributed by atoms with Crippen molar-refractivity contribution in [3.8, 4) is 0 Å². The fourth-order valence-electron chi connectivity index (χ4n) is 3.28. The molecule has 0 saturated carbocycles. The number of aromatic nitrogens is 2. The zero-order valence-electron chi connectivity index (χ0n) is 15.9. The number of hydrogen-bond donors (Lipinski definition) is 4. The number of nitrogens with one attached hydrogen (secondary N) is 3. The van der Waals surface area contributed by atoms with Crippen molar-refractivity contribution in [3.05, 3.63) is 59.9 Å². The van der Waals surface area contributed by atoms with E-state index in [0.717, 1.165) is 38.9 Å². The van der Waals surface area contributed by atoms with Crippen molar-refractivity contribution < 1.29 is 4.79 Å². The van der Waals surface area contributed by atoms with Crippen LogP contribution in [0.3, 0.4) is 0 Å². The molecule has 4 rings (SSSR count). The smallest absolute Gasteiger partial charge is 0.323 e. The van der Waals surface area contributed by atoms with Gasteiger partial charge in [0.25, 0.3) is 0 Å². The predicted octanol–water partition coefficient (Wildman–Crippen LogP) is 5.19. The highest BCUT2D eigenvalue weighted by molar-refractivity contribution is 6.25. The minimum absolute atomic E-state index is 0.372. The van der Waals surface area contributed by atoms with Crippen molar-refractivity contribution in [1.82, 2.24) is 9.97 Å². The molecule has 0 atom stereocenters. The Kier molecular flexibility index (Phi) is 4.82. The van der Waals surface area contributed by atoms with E-state index >= 15 is 0 Å². The summed E-state index contributed by atoms with van der Waals surface area (Å²) in [5, 5.41) is 7.24. The number of rotatable bonds is 3. The summed E-state index contributed by atoms with van der Waals surface area (Å²) < 4.78 is 0. The number of carbonyl (C=O) groups excluding carboxylic acids is 1. The van der Waals surface area contributed by atoms with E-state index in [1.807, 2.05) is 38.1 Å². The first-order chi connectivity index (χ1) is 13.9. The van der Waals surface area contributed by atoms with Crippen LogP contribution < -0.4 is 21.2 Å². The summed E-state index contributed by atoms with van der Waals surface area (Å²) in [5.41, 5.74) is 11.9. The molecule has 7 nitrogen and oxygen atoms in total. The number of pyridine rings is 2. The number of nitrogen functional groups attached to an aromatic ring is 1. The second-order valence-corrected chi connectivity index (χ2v) is 6.99. The first-order valence-electron chi connectivity index (χ1n) is 8.96. The lowest BCUT2D eigenvalue weighted by molar-refractivity contribution is 0.262. The van der Waals surface area contributed by atoms with Crippen LogP contribution in [0.5, 0.6) is 0 Å². The molecule has 0 aliphatic heterocycles. The third-order valence-corrected chi connectivity index (χ3v) is 4.73. The number of carbonyl (C=O) groups is 1. The first-order valence-corrected chi connectivity index (χ1v) is 9.33. The summed E-state index contributed by atoms with van der Waals surface area (Å²) >= 11 is 5.82. The zero-order valence-corrected chi connectivity index (χ0v) is 16.6. The molecule has 8 heteroatoms. The van der Waals surface area contributed by atoms with E-state index in [0.29, 0.717) is 17.1 Å². The number of nitrogens with zero attached hydrogens (tertiary/aromatic N) is 2. The third kappa shape index (κ3) is 3.86. The predicted molar refractivity (Wildman–Crippen MR) is 119 cm³/mol. The lowest BCUT2D eigenvalue weighted by atomic mass is 10.1. The van der Waals surface area contributed by atoms with Crippen LogP contribution >= 0.6 is 11.8 Å². The number of urea groups is 1. The highest BCUT2D eigenvalue weighted by Gasteiger charge is 2.09. The maximum absolute atomic E-state index is 12.5. The maximum Gasteiger partial charge on any atom is 0.323 e. The highest BCUT2D eigenvalue weighted by atomic mass is 35.5. The third-order valence-electron chi connectivity index (χ3n) is 4.52. The molecule has 2 heterocycles. The van der Waals surface area contributed by atoms with Gasteiger partial charge in [0.05, 0.1) is 16.7 Å². The van der Waals surface area contributed by atoms with Gasteiger partial charge in [0.15, 0.2) is 0 Å². The van der Waals surface area contributed by atoms with Gasteiger partial charge < -0.3 is 16.4 Å². The van der Waals surface area contributed by atoms with E-state index in [1.165, 1.54) is 0 Å². The molecule has 2 aromatic heterocycles. The number of nitrogens with two attached hydrogens (primary N) is 1. The van der Waals surface area contributed by atoms with E-state index in [9.17, 15) is 4.79 Å². The summed E-state index contributed by atoms with van der Waals surface area (Å²) in [7, 11) is 0. The molecular weight excluding hydrogens is 388 g/mol. The molecule has 0 aliphatic rings. The summed E-state index contributed by atoms with van der Waals surface area (Å²) in [6.07, 6.45) is 0. The maximum atomic E-state index is 12.5. The molecule has 0 radical (unpaired) electrons. The van der Waals surface area contributed by atoms with Crippen molar-refractivity contribution >= 4 is 62.4 Å². The van der Waals surface area contributed by atoms with Crippen LogP contribution in [0.1, 0.15) is 11.4 Å². The number of anilines is 4. The number of halogens is 1. The normalized spacial score (nSPS) is 10.9. The quantitative estimate of drug-likeness (QED) is 0.350. The van der Waals surface area contributed by atoms with Gasteiger partial charge in [-0.1, -0.05) is 0 Å². The van der Waals surface area contributed by atoms with E-state index in [4.69, 9.17) is 17.5 Å². The average Bonchev–Trinajstić information content (AvgIpc) is 2.68. The largest absolute Gasteiger partial charge is 0.398 e. The highest BCUT2D eigenvalue weighted by Crippen LogP contribution is 2.27. The van der Waals surface area contributed by atoms with Gasteiger partial charge >= 0.3 is 6.03 Å². The Hall–Kier alpha value is -3.58. The van der Waals surface area contributed by atoms with Gasteiger partial charge in [-0.25, -0.2) is 4.79 Å². The topological polar surface area (TPSA) is 105 Å². The standard InChI is InChI=1S/C21H19ClN6O/c1-11-7-17(23)15-9-13(3-5-18(15)24-11)26-21(29)27-14-4-6-19-16(10-14)20(28-22)8-12(2)25-19/h3-10H,1-2H3,(H2,23,24)(H,25,28)(H2,26,27,29). The van der Waals surface area contributed by atoms with Crippen molar-refractivity contribution in [3.63, 3.8) is 0 Å². The molecule has 4 aromatic rings. The van der Waals surface area contributed by atoms with Gasteiger partial charge in [-0.05, 0) is 62.4 Å². The van der Waals surface area contributed by atoms with Crippen LogP contribution in [0.15, 0.2) is 48.5 Å². The number of hydrogen-bond acceptors (Lipinski definition) is 5. The van der Waals surface area contributed by atoms with Gasteiger partial charge in [0, 0.05) is 51.0 Å². The zero-order chi connectivity index (χ0) is 20.5. The summed E-state index contributed by atoms with van der Waals surface area (Å²) in [5.74, 6) is 0. The van der Waals surface area contributed by atoms with E-state index in [-0.39, 0.29) is 6.03 Å². The number of amides is 2. The minimum Gasteiger partial charge on any atom is -0.398 e. The second-order valence-electron chi connectivity index (χ2n) is 6.80. The van der Waals surface area contributed by atoms with Gasteiger partial charge in [-0.15, -0.1) is 0 Å². The number of aryl methyl sites for hydroxylation is 2. The molecule has 0 spiro atoms. The van der Waals surface area contributed by atoms with Crippen LogP contribution in [0, 0.1) is 13.8 Å².